The van der Waals surface area contributed by atoms with E-state index in [1.807, 2.05) is 6.92 Å². The predicted octanol–water partition coefficient (Wildman–Crippen LogP) is -0.210. The smallest absolute Gasteiger partial charge is 0.223 e. The zero-order valence-electron chi connectivity index (χ0n) is 6.05. The van der Waals surface area contributed by atoms with Gasteiger partial charge in [-0.3, -0.25) is 5.41 Å². The lowest BCUT2D eigenvalue weighted by Gasteiger charge is -2.01. The van der Waals surface area contributed by atoms with Crippen molar-refractivity contribution in [1.82, 2.24) is 9.55 Å². The highest BCUT2D eigenvalue weighted by Gasteiger charge is 1.93. The lowest BCUT2D eigenvalue weighted by Crippen LogP contribution is -2.21. The van der Waals surface area contributed by atoms with E-state index in [1.54, 1.807) is 17.8 Å². The van der Waals surface area contributed by atoms with Gasteiger partial charge in [-0.1, -0.05) is 0 Å². The van der Waals surface area contributed by atoms with Crippen LogP contribution in [0.25, 0.3) is 0 Å². The van der Waals surface area contributed by atoms with E-state index in [2.05, 4.69) is 4.98 Å². The number of hydrogen-bond acceptors (Lipinski definition) is 3. The minimum atomic E-state index is 0.183. The molecule has 0 aliphatic carbocycles. The van der Waals surface area contributed by atoms with Crippen LogP contribution >= 0.6 is 0 Å². The minimum absolute atomic E-state index is 0.183. The number of nitrogens with zero attached hydrogens (tertiary/aromatic N) is 2. The molecule has 0 aromatic carbocycles. The van der Waals surface area contributed by atoms with Crippen molar-refractivity contribution in [3.63, 3.8) is 0 Å². The molecule has 4 nitrogen and oxygen atoms in total. The van der Waals surface area contributed by atoms with E-state index in [0.717, 1.165) is 5.56 Å². The molecule has 1 aromatic heterocycles. The maximum absolute atomic E-state index is 7.23. The molecule has 0 spiro atoms. The van der Waals surface area contributed by atoms with Crippen molar-refractivity contribution in [2.45, 2.75) is 6.92 Å². The quantitative estimate of drug-likeness (QED) is 0.521. The molecular weight excluding hydrogens is 128 g/mol. The van der Waals surface area contributed by atoms with Crippen LogP contribution in [0.4, 0.5) is 5.82 Å². The molecule has 0 amide bonds. The molecule has 0 fully saturated rings. The van der Waals surface area contributed by atoms with Crippen molar-refractivity contribution in [2.75, 3.05) is 5.73 Å². The molecule has 1 aromatic rings. The van der Waals surface area contributed by atoms with Crippen molar-refractivity contribution in [1.29, 1.82) is 5.41 Å². The molecule has 54 valence electrons. The maximum atomic E-state index is 7.23. The number of hydrogen-bond donors (Lipinski definition) is 2. The van der Waals surface area contributed by atoms with E-state index >= 15 is 0 Å². The van der Waals surface area contributed by atoms with Crippen LogP contribution in [-0.2, 0) is 7.05 Å². The van der Waals surface area contributed by atoms with Crippen LogP contribution in [0.2, 0.25) is 0 Å². The highest BCUT2D eigenvalue weighted by molar-refractivity contribution is 5.34. The highest BCUT2D eigenvalue weighted by Crippen LogP contribution is 1.99. The Labute approximate surface area is 58.8 Å². The van der Waals surface area contributed by atoms with Gasteiger partial charge >= 0.3 is 0 Å². The third kappa shape index (κ3) is 1.00. The zero-order chi connectivity index (χ0) is 7.72. The van der Waals surface area contributed by atoms with Crippen LogP contribution in [0.3, 0.4) is 0 Å². The minimum Gasteiger partial charge on any atom is -0.383 e. The van der Waals surface area contributed by atoms with Crippen LogP contribution in [-0.4, -0.2) is 9.55 Å². The second-order valence-electron chi connectivity index (χ2n) is 2.24. The largest absolute Gasteiger partial charge is 0.383 e. The SMILES string of the molecule is Cc1cn(C)c(=N)nc1N. The molecule has 0 aliphatic heterocycles. The Hall–Kier alpha value is -1.32. The lowest BCUT2D eigenvalue weighted by molar-refractivity contribution is 0.759. The van der Waals surface area contributed by atoms with Gasteiger partial charge in [0.1, 0.15) is 5.82 Å². The van der Waals surface area contributed by atoms with Gasteiger partial charge < -0.3 is 10.3 Å². The van der Waals surface area contributed by atoms with Gasteiger partial charge in [-0.25, -0.2) is 0 Å². The number of aromatic nitrogens is 2. The van der Waals surface area contributed by atoms with Crippen LogP contribution in [0, 0.1) is 12.3 Å². The summed E-state index contributed by atoms with van der Waals surface area (Å²) in [4.78, 5) is 3.78. The first-order chi connectivity index (χ1) is 4.61. The Balaban J connectivity index is 3.43. The molecule has 1 heterocycles. The highest BCUT2D eigenvalue weighted by atomic mass is 15.1. The Kier molecular flexibility index (Phi) is 1.45. The average Bonchev–Trinajstić information content (AvgIpc) is 1.84. The number of anilines is 1. The van der Waals surface area contributed by atoms with E-state index in [1.165, 1.54) is 0 Å². The van der Waals surface area contributed by atoms with E-state index < -0.39 is 0 Å². The maximum Gasteiger partial charge on any atom is 0.223 e. The number of nitrogen functional groups attached to an aromatic ring is 1. The predicted molar refractivity (Wildman–Crippen MR) is 38.2 cm³/mol. The zero-order valence-corrected chi connectivity index (χ0v) is 6.05. The molecular formula is C6H10N4. The molecule has 0 atom stereocenters. The van der Waals surface area contributed by atoms with Crippen molar-refractivity contribution in [2.24, 2.45) is 7.05 Å². The summed E-state index contributed by atoms with van der Waals surface area (Å²) in [5.41, 5.74) is 6.53. The molecule has 3 N–H and O–H groups in total. The second kappa shape index (κ2) is 2.13. The van der Waals surface area contributed by atoms with Crippen molar-refractivity contribution in [3.05, 3.63) is 17.4 Å². The third-order valence-corrected chi connectivity index (χ3v) is 1.35. The molecule has 0 saturated carbocycles. The Morgan fingerprint density at radius 3 is 2.80 bits per heavy atom. The molecule has 0 saturated heterocycles. The molecule has 4 heteroatoms. The normalized spacial score (nSPS) is 9.80. The molecule has 10 heavy (non-hydrogen) atoms. The van der Waals surface area contributed by atoms with Gasteiger partial charge in [0.2, 0.25) is 5.62 Å². The molecule has 0 bridgehead atoms. The Morgan fingerprint density at radius 2 is 2.30 bits per heavy atom. The van der Waals surface area contributed by atoms with Crippen LogP contribution in [0.5, 0.6) is 0 Å². The summed E-state index contributed by atoms with van der Waals surface area (Å²) >= 11 is 0. The number of rotatable bonds is 0. The van der Waals surface area contributed by atoms with Gasteiger partial charge in [-0.05, 0) is 6.92 Å². The lowest BCUT2D eigenvalue weighted by atomic mass is 10.3. The summed E-state index contributed by atoms with van der Waals surface area (Å²) in [6.45, 7) is 1.86. The van der Waals surface area contributed by atoms with Gasteiger partial charge in [0.25, 0.3) is 0 Å². The molecule has 1 rings (SSSR count). The van der Waals surface area contributed by atoms with E-state index in [4.69, 9.17) is 11.1 Å². The number of aryl methyl sites for hydroxylation is 2. The van der Waals surface area contributed by atoms with Crippen LogP contribution in [0.15, 0.2) is 6.20 Å². The second-order valence-corrected chi connectivity index (χ2v) is 2.24. The van der Waals surface area contributed by atoms with E-state index in [9.17, 15) is 0 Å². The molecule has 0 aliphatic rings. The first-order valence-electron chi connectivity index (χ1n) is 2.95. The number of nitrogens with two attached hydrogens (primary N) is 1. The number of nitrogens with one attached hydrogen (secondary N) is 1. The van der Waals surface area contributed by atoms with Crippen LogP contribution in [0.1, 0.15) is 5.56 Å². The van der Waals surface area contributed by atoms with E-state index in [0.29, 0.717) is 5.82 Å². The standard InChI is InChI=1S/C6H10N4/c1-4-3-10(2)6(8)9-5(4)7/h3H,1-2H3,(H3,7,8,9). The van der Waals surface area contributed by atoms with Gasteiger partial charge in [0.05, 0.1) is 0 Å². The average molecular weight is 138 g/mol. The van der Waals surface area contributed by atoms with Crippen molar-refractivity contribution in [3.8, 4) is 0 Å². The van der Waals surface area contributed by atoms with Crippen molar-refractivity contribution < 1.29 is 0 Å². The van der Waals surface area contributed by atoms with Gasteiger partial charge in [-0.15, -0.1) is 0 Å². The Morgan fingerprint density at radius 1 is 1.70 bits per heavy atom. The Bertz CT molecular complexity index is 299. The summed E-state index contributed by atoms with van der Waals surface area (Å²) in [6.07, 6.45) is 1.78. The fourth-order valence-electron chi connectivity index (χ4n) is 0.699. The summed E-state index contributed by atoms with van der Waals surface area (Å²) in [5.74, 6) is 0.433. The van der Waals surface area contributed by atoms with Crippen molar-refractivity contribution >= 4 is 5.82 Å². The first kappa shape index (κ1) is 6.80. The summed E-state index contributed by atoms with van der Waals surface area (Å²) < 4.78 is 1.62. The van der Waals surface area contributed by atoms with Gasteiger partial charge in [-0.2, -0.15) is 4.98 Å². The molecule has 0 unspecified atom stereocenters. The van der Waals surface area contributed by atoms with Crippen LogP contribution < -0.4 is 11.4 Å². The topological polar surface area (TPSA) is 67.7 Å². The monoisotopic (exact) mass is 138 g/mol. The fourth-order valence-corrected chi connectivity index (χ4v) is 0.699. The fraction of sp³-hybridized carbons (Fsp3) is 0.333. The summed E-state index contributed by atoms with van der Waals surface area (Å²) in [5, 5.41) is 7.23. The summed E-state index contributed by atoms with van der Waals surface area (Å²) in [7, 11) is 1.77. The van der Waals surface area contributed by atoms with Gasteiger partial charge in [0, 0.05) is 18.8 Å². The third-order valence-electron chi connectivity index (χ3n) is 1.35. The van der Waals surface area contributed by atoms with E-state index in [-0.39, 0.29) is 5.62 Å². The summed E-state index contributed by atoms with van der Waals surface area (Å²) in [6, 6.07) is 0. The first-order valence-corrected chi connectivity index (χ1v) is 2.95. The molecule has 0 radical (unpaired) electrons. The van der Waals surface area contributed by atoms with Gasteiger partial charge in [0.15, 0.2) is 0 Å².